The van der Waals surface area contributed by atoms with Crippen LogP contribution in [0.3, 0.4) is 0 Å². The zero-order valence-electron chi connectivity index (χ0n) is 7.72. The van der Waals surface area contributed by atoms with Crippen LogP contribution in [-0.4, -0.2) is 24.9 Å². The molecule has 0 amide bonds. The summed E-state index contributed by atoms with van der Waals surface area (Å²) in [6.07, 6.45) is 2.73. The largest absolute Gasteiger partial charge is 0.375 e. The molecule has 0 aromatic heterocycles. The minimum Gasteiger partial charge on any atom is -0.375 e. The Balaban J connectivity index is 2.01. The van der Waals surface area contributed by atoms with Crippen molar-refractivity contribution in [1.82, 2.24) is 0 Å². The third-order valence-corrected chi connectivity index (χ3v) is 2.01. The van der Waals surface area contributed by atoms with E-state index < -0.39 is 0 Å². The van der Waals surface area contributed by atoms with Gasteiger partial charge < -0.3 is 9.47 Å². The summed E-state index contributed by atoms with van der Waals surface area (Å²) in [6, 6.07) is 0. The second kappa shape index (κ2) is 3.55. The van der Waals surface area contributed by atoms with Crippen molar-refractivity contribution < 1.29 is 9.47 Å². The van der Waals surface area contributed by atoms with Crippen LogP contribution in [0, 0.1) is 0 Å². The number of hydrogen-bond acceptors (Lipinski definition) is 2. The molecule has 0 aromatic carbocycles. The van der Waals surface area contributed by atoms with Gasteiger partial charge in [0.15, 0.2) is 0 Å². The Morgan fingerprint density at radius 3 is 2.73 bits per heavy atom. The number of ether oxygens (including phenoxy) is 2. The Morgan fingerprint density at radius 1 is 1.64 bits per heavy atom. The minimum absolute atomic E-state index is 0.0575. The molecule has 1 heterocycles. The molecular weight excluding hydrogens is 140 g/mol. The van der Waals surface area contributed by atoms with E-state index in [1.807, 2.05) is 0 Å². The predicted molar refractivity (Wildman–Crippen MR) is 44.7 cm³/mol. The summed E-state index contributed by atoms with van der Waals surface area (Å²) < 4.78 is 10.8. The van der Waals surface area contributed by atoms with Gasteiger partial charge in [0.2, 0.25) is 0 Å². The average molecular weight is 158 g/mol. The molecule has 2 atom stereocenters. The highest BCUT2D eigenvalue weighted by Crippen LogP contribution is 2.26. The van der Waals surface area contributed by atoms with Crippen molar-refractivity contribution in [3.8, 4) is 0 Å². The molecule has 0 bridgehead atoms. The van der Waals surface area contributed by atoms with Gasteiger partial charge in [-0.15, -0.1) is 0 Å². The average Bonchev–Trinajstić information content (AvgIpc) is 2.66. The van der Waals surface area contributed by atoms with Crippen molar-refractivity contribution in [2.75, 3.05) is 13.2 Å². The molecule has 1 fully saturated rings. The smallest absolute Gasteiger partial charge is 0.112 e. The van der Waals surface area contributed by atoms with E-state index in [4.69, 9.17) is 9.47 Å². The number of rotatable bonds is 5. The third-order valence-electron chi connectivity index (χ3n) is 2.01. The second-order valence-electron chi connectivity index (χ2n) is 3.65. The Labute approximate surface area is 68.9 Å². The summed E-state index contributed by atoms with van der Waals surface area (Å²) in [4.78, 5) is 0. The SMILES string of the molecule is CCCC(C)OCC1(C)CO1. The van der Waals surface area contributed by atoms with E-state index in [0.717, 1.165) is 19.6 Å². The van der Waals surface area contributed by atoms with Crippen LogP contribution >= 0.6 is 0 Å². The first-order valence-corrected chi connectivity index (χ1v) is 4.42. The number of hydrogen-bond donors (Lipinski definition) is 0. The molecule has 0 saturated carbocycles. The van der Waals surface area contributed by atoms with Gasteiger partial charge in [-0.2, -0.15) is 0 Å². The highest BCUT2D eigenvalue weighted by atomic mass is 16.6. The maximum Gasteiger partial charge on any atom is 0.112 e. The molecule has 2 unspecified atom stereocenters. The molecule has 1 rings (SSSR count). The van der Waals surface area contributed by atoms with Crippen molar-refractivity contribution in [2.45, 2.75) is 45.3 Å². The van der Waals surface area contributed by atoms with E-state index in [2.05, 4.69) is 20.8 Å². The van der Waals surface area contributed by atoms with Crippen LogP contribution in [0.2, 0.25) is 0 Å². The first-order chi connectivity index (χ1) is 5.16. The summed E-state index contributed by atoms with van der Waals surface area (Å²) in [6.45, 7) is 8.01. The fourth-order valence-electron chi connectivity index (χ4n) is 1.01. The summed E-state index contributed by atoms with van der Waals surface area (Å²) in [7, 11) is 0. The van der Waals surface area contributed by atoms with Crippen LogP contribution < -0.4 is 0 Å². The molecule has 1 aliphatic heterocycles. The zero-order valence-corrected chi connectivity index (χ0v) is 7.72. The van der Waals surface area contributed by atoms with Crippen LogP contribution in [0.4, 0.5) is 0 Å². The van der Waals surface area contributed by atoms with Crippen molar-refractivity contribution in [2.24, 2.45) is 0 Å². The molecule has 66 valence electrons. The quantitative estimate of drug-likeness (QED) is 0.571. The molecule has 11 heavy (non-hydrogen) atoms. The summed E-state index contributed by atoms with van der Waals surface area (Å²) in [5.74, 6) is 0. The molecule has 2 nitrogen and oxygen atoms in total. The summed E-state index contributed by atoms with van der Waals surface area (Å²) in [5.41, 5.74) is 0.0575. The fraction of sp³-hybridized carbons (Fsp3) is 1.00. The molecule has 1 saturated heterocycles. The number of epoxide rings is 1. The standard InChI is InChI=1S/C9H18O2/c1-4-5-8(2)10-6-9(3)7-11-9/h8H,4-7H2,1-3H3. The van der Waals surface area contributed by atoms with Crippen molar-refractivity contribution >= 4 is 0 Å². The van der Waals surface area contributed by atoms with Crippen LogP contribution in [0.25, 0.3) is 0 Å². The highest BCUT2D eigenvalue weighted by Gasteiger charge is 2.39. The molecule has 0 aliphatic carbocycles. The lowest BCUT2D eigenvalue weighted by molar-refractivity contribution is 0.0271. The lowest BCUT2D eigenvalue weighted by atomic mass is 10.2. The lowest BCUT2D eigenvalue weighted by Gasteiger charge is -2.13. The molecule has 0 radical (unpaired) electrons. The third kappa shape index (κ3) is 3.21. The van der Waals surface area contributed by atoms with Gasteiger partial charge in [-0.05, 0) is 20.3 Å². The Hall–Kier alpha value is -0.0800. The van der Waals surface area contributed by atoms with Gasteiger partial charge >= 0.3 is 0 Å². The van der Waals surface area contributed by atoms with Gasteiger partial charge in [-0.3, -0.25) is 0 Å². The van der Waals surface area contributed by atoms with Gasteiger partial charge in [-0.1, -0.05) is 13.3 Å². The van der Waals surface area contributed by atoms with Gasteiger partial charge in [0, 0.05) is 0 Å². The van der Waals surface area contributed by atoms with Crippen molar-refractivity contribution in [3.63, 3.8) is 0 Å². The Morgan fingerprint density at radius 2 is 2.27 bits per heavy atom. The lowest BCUT2D eigenvalue weighted by Crippen LogP contribution is -2.19. The van der Waals surface area contributed by atoms with Crippen LogP contribution in [-0.2, 0) is 9.47 Å². The zero-order chi connectivity index (χ0) is 8.32. The molecular formula is C9H18O2. The van der Waals surface area contributed by atoms with Gasteiger partial charge in [0.25, 0.3) is 0 Å². The van der Waals surface area contributed by atoms with Gasteiger partial charge in [-0.25, -0.2) is 0 Å². The van der Waals surface area contributed by atoms with Crippen LogP contribution in [0.5, 0.6) is 0 Å². The molecule has 0 N–H and O–H groups in total. The van der Waals surface area contributed by atoms with E-state index in [0.29, 0.717) is 6.10 Å². The van der Waals surface area contributed by atoms with Crippen LogP contribution in [0.15, 0.2) is 0 Å². The summed E-state index contributed by atoms with van der Waals surface area (Å²) in [5, 5.41) is 0. The normalized spacial score (nSPS) is 31.9. The molecule has 1 aliphatic rings. The fourth-order valence-corrected chi connectivity index (χ4v) is 1.01. The van der Waals surface area contributed by atoms with Gasteiger partial charge in [0.1, 0.15) is 5.60 Å². The van der Waals surface area contributed by atoms with Gasteiger partial charge in [0.05, 0.1) is 19.3 Å². The maximum absolute atomic E-state index is 5.58. The van der Waals surface area contributed by atoms with E-state index in [1.165, 1.54) is 6.42 Å². The predicted octanol–water partition coefficient (Wildman–Crippen LogP) is 1.98. The van der Waals surface area contributed by atoms with E-state index in [-0.39, 0.29) is 5.60 Å². The Bertz CT molecular complexity index is 119. The van der Waals surface area contributed by atoms with Crippen molar-refractivity contribution in [1.29, 1.82) is 0 Å². The summed E-state index contributed by atoms with van der Waals surface area (Å²) >= 11 is 0. The monoisotopic (exact) mass is 158 g/mol. The molecule has 2 heteroatoms. The maximum atomic E-state index is 5.58. The minimum atomic E-state index is 0.0575. The van der Waals surface area contributed by atoms with E-state index >= 15 is 0 Å². The first kappa shape index (κ1) is 9.01. The Kier molecular flexibility index (Phi) is 2.90. The molecule has 0 aromatic rings. The van der Waals surface area contributed by atoms with E-state index in [1.54, 1.807) is 0 Å². The second-order valence-corrected chi connectivity index (χ2v) is 3.65. The topological polar surface area (TPSA) is 21.8 Å². The van der Waals surface area contributed by atoms with E-state index in [9.17, 15) is 0 Å². The molecule has 0 spiro atoms. The van der Waals surface area contributed by atoms with Crippen molar-refractivity contribution in [3.05, 3.63) is 0 Å². The first-order valence-electron chi connectivity index (χ1n) is 4.42. The van der Waals surface area contributed by atoms with Crippen LogP contribution in [0.1, 0.15) is 33.6 Å². The highest BCUT2D eigenvalue weighted by molar-refractivity contribution is 4.86.